The summed E-state index contributed by atoms with van der Waals surface area (Å²) >= 11 is 0. The van der Waals surface area contributed by atoms with Gasteiger partial charge in [0.25, 0.3) is 5.91 Å². The Bertz CT molecular complexity index is 2470. The second kappa shape index (κ2) is 11.7. The van der Waals surface area contributed by atoms with Gasteiger partial charge in [-0.1, -0.05) is 126 Å². The molecule has 0 fully saturated rings. The summed E-state index contributed by atoms with van der Waals surface area (Å²) in [5, 5.41) is 14.6. The molecule has 7 aromatic carbocycles. The highest BCUT2D eigenvalue weighted by Crippen LogP contribution is 2.49. The van der Waals surface area contributed by atoms with Gasteiger partial charge in [-0.05, 0) is 78.6 Å². The molecule has 0 aliphatic carbocycles. The number of aromatic nitrogens is 1. The molecule has 1 N–H and O–H groups in total. The first-order valence-electron chi connectivity index (χ1n) is 17.0. The van der Waals surface area contributed by atoms with Crippen LogP contribution in [0.4, 0.5) is 5.69 Å². The lowest BCUT2D eigenvalue weighted by Gasteiger charge is -2.28. The highest BCUT2D eigenvalue weighted by atomic mass is 16.3. The maximum Gasteiger partial charge on any atom is 0.263 e. The highest BCUT2D eigenvalue weighted by Gasteiger charge is 2.41. The van der Waals surface area contributed by atoms with Gasteiger partial charge in [-0.3, -0.25) is 9.69 Å². The van der Waals surface area contributed by atoms with E-state index in [0.29, 0.717) is 16.8 Å². The second-order valence-corrected chi connectivity index (χ2v) is 13.2. The van der Waals surface area contributed by atoms with Gasteiger partial charge in [0, 0.05) is 27.5 Å². The van der Waals surface area contributed by atoms with Gasteiger partial charge in [-0.25, -0.2) is 0 Å². The van der Waals surface area contributed by atoms with Crippen LogP contribution in [0.15, 0.2) is 158 Å². The van der Waals surface area contributed by atoms with E-state index in [9.17, 15) is 5.11 Å². The van der Waals surface area contributed by atoms with E-state index in [-0.39, 0.29) is 5.91 Å². The zero-order chi connectivity index (χ0) is 33.9. The zero-order valence-corrected chi connectivity index (χ0v) is 27.8. The molecule has 4 heteroatoms. The Hall–Kier alpha value is -6.23. The standard InChI is InChI=1S/C46H34N2O2/c1-29-21-23-40-38(25-29)39-26-30(2)22-24-41(39)47(40)42-20-12-19-35-43(42)46(50)48(45(35)49)44-36(32-15-8-4-9-16-32)27-34(31-13-6-3-7-14-31)28-37(44)33-17-10-5-11-18-33/h3-28,45,49H,1-2H3. The molecule has 1 unspecified atom stereocenters. The van der Waals surface area contributed by atoms with Crippen LogP contribution in [0, 0.1) is 13.8 Å². The molecule has 1 aromatic heterocycles. The molecule has 4 nitrogen and oxygen atoms in total. The van der Waals surface area contributed by atoms with Gasteiger partial charge in [-0.2, -0.15) is 0 Å². The predicted octanol–water partition coefficient (Wildman–Crippen LogP) is 11.1. The number of hydrogen-bond acceptors (Lipinski definition) is 2. The van der Waals surface area contributed by atoms with E-state index < -0.39 is 6.23 Å². The summed E-state index contributed by atoms with van der Waals surface area (Å²) < 4.78 is 2.19. The maximum atomic E-state index is 15.2. The van der Waals surface area contributed by atoms with Gasteiger partial charge in [0.1, 0.15) is 0 Å². The molecule has 1 atom stereocenters. The van der Waals surface area contributed by atoms with Crippen LogP contribution in [0.2, 0.25) is 0 Å². The van der Waals surface area contributed by atoms with Crippen LogP contribution in [0.5, 0.6) is 0 Å². The van der Waals surface area contributed by atoms with Gasteiger partial charge in [0.2, 0.25) is 0 Å². The molecule has 9 rings (SSSR count). The van der Waals surface area contributed by atoms with E-state index in [4.69, 9.17) is 0 Å². The van der Waals surface area contributed by atoms with Crippen molar-refractivity contribution in [3.63, 3.8) is 0 Å². The second-order valence-electron chi connectivity index (χ2n) is 13.2. The average Bonchev–Trinajstić information content (AvgIpc) is 3.61. The number of anilines is 1. The highest BCUT2D eigenvalue weighted by molar-refractivity contribution is 6.18. The van der Waals surface area contributed by atoms with Crippen molar-refractivity contribution in [2.75, 3.05) is 4.90 Å². The quantitative estimate of drug-likeness (QED) is 0.202. The number of rotatable bonds is 5. The normalized spacial score (nSPS) is 14.1. The third-order valence-corrected chi connectivity index (χ3v) is 9.97. The molecule has 0 saturated heterocycles. The van der Waals surface area contributed by atoms with E-state index in [2.05, 4.69) is 103 Å². The van der Waals surface area contributed by atoms with Crippen molar-refractivity contribution in [2.45, 2.75) is 20.1 Å². The molecule has 0 spiro atoms. The monoisotopic (exact) mass is 646 g/mol. The number of aliphatic hydroxyl groups is 1. The number of aryl methyl sites for hydroxylation is 2. The van der Waals surface area contributed by atoms with Crippen LogP contribution in [0.1, 0.15) is 33.3 Å². The first kappa shape index (κ1) is 29.9. The smallest absolute Gasteiger partial charge is 0.263 e. The minimum Gasteiger partial charge on any atom is -0.369 e. The zero-order valence-electron chi connectivity index (χ0n) is 27.8. The summed E-state index contributed by atoms with van der Waals surface area (Å²) in [5.41, 5.74) is 12.7. The Morgan fingerprint density at radius 1 is 0.520 bits per heavy atom. The molecule has 0 bridgehead atoms. The van der Waals surface area contributed by atoms with Gasteiger partial charge in [0.15, 0.2) is 6.23 Å². The Labute approximate surface area is 291 Å². The maximum absolute atomic E-state index is 15.2. The fourth-order valence-corrected chi connectivity index (χ4v) is 7.66. The molecule has 1 aliphatic heterocycles. The van der Waals surface area contributed by atoms with E-state index in [1.54, 1.807) is 4.90 Å². The van der Waals surface area contributed by atoms with Crippen molar-refractivity contribution in [2.24, 2.45) is 0 Å². The Morgan fingerprint density at radius 3 is 1.54 bits per heavy atom. The number of benzene rings is 7. The van der Waals surface area contributed by atoms with Crippen LogP contribution >= 0.6 is 0 Å². The molecule has 50 heavy (non-hydrogen) atoms. The Balaban J connectivity index is 1.32. The van der Waals surface area contributed by atoms with Crippen molar-refractivity contribution < 1.29 is 9.90 Å². The summed E-state index contributed by atoms with van der Waals surface area (Å²) in [7, 11) is 0. The molecule has 0 saturated carbocycles. The van der Waals surface area contributed by atoms with Crippen LogP contribution in [0.25, 0.3) is 60.9 Å². The first-order chi connectivity index (χ1) is 24.5. The Kier molecular flexibility index (Phi) is 7.01. The third-order valence-electron chi connectivity index (χ3n) is 9.97. The van der Waals surface area contributed by atoms with Gasteiger partial charge in [0.05, 0.1) is 28.0 Å². The Morgan fingerprint density at radius 2 is 1.02 bits per heavy atom. The molecular formula is C46H34N2O2. The number of amides is 1. The summed E-state index contributed by atoms with van der Waals surface area (Å²) in [6.45, 7) is 4.21. The molecule has 8 aromatic rings. The molecule has 240 valence electrons. The minimum atomic E-state index is -1.19. The topological polar surface area (TPSA) is 45.5 Å². The molecule has 0 radical (unpaired) electrons. The number of aliphatic hydroxyl groups excluding tert-OH is 1. The van der Waals surface area contributed by atoms with E-state index in [1.165, 1.54) is 11.1 Å². The summed E-state index contributed by atoms with van der Waals surface area (Å²) in [6.07, 6.45) is -1.19. The number of hydrogen-bond donors (Lipinski definition) is 1. The van der Waals surface area contributed by atoms with Crippen molar-refractivity contribution >= 4 is 33.4 Å². The fourth-order valence-electron chi connectivity index (χ4n) is 7.66. The molecule has 2 heterocycles. The van der Waals surface area contributed by atoms with Crippen LogP contribution in [-0.2, 0) is 0 Å². The fraction of sp³-hybridized carbons (Fsp3) is 0.0652. The van der Waals surface area contributed by atoms with Crippen molar-refractivity contribution in [3.8, 4) is 39.1 Å². The van der Waals surface area contributed by atoms with Crippen molar-refractivity contribution in [3.05, 3.63) is 180 Å². The predicted molar refractivity (Wildman–Crippen MR) is 205 cm³/mol. The number of carbonyl (C=O) groups excluding carboxylic acids is 1. The van der Waals surface area contributed by atoms with E-state index in [0.717, 1.165) is 60.9 Å². The molecular weight excluding hydrogens is 613 g/mol. The first-order valence-corrected chi connectivity index (χ1v) is 17.0. The third kappa shape index (κ3) is 4.68. The molecule has 1 aliphatic rings. The minimum absolute atomic E-state index is 0.237. The average molecular weight is 647 g/mol. The van der Waals surface area contributed by atoms with Crippen molar-refractivity contribution in [1.82, 2.24) is 4.57 Å². The number of carbonyl (C=O) groups is 1. The lowest BCUT2D eigenvalue weighted by atomic mass is 9.90. The van der Waals surface area contributed by atoms with Gasteiger partial charge in [-0.15, -0.1) is 0 Å². The van der Waals surface area contributed by atoms with E-state index >= 15 is 4.79 Å². The van der Waals surface area contributed by atoms with Crippen molar-refractivity contribution in [1.29, 1.82) is 0 Å². The summed E-state index contributed by atoms with van der Waals surface area (Å²) in [4.78, 5) is 16.8. The number of fused-ring (bicyclic) bond motifs is 4. The summed E-state index contributed by atoms with van der Waals surface area (Å²) in [6, 6.07) is 53.6. The van der Waals surface area contributed by atoms with Gasteiger partial charge < -0.3 is 9.67 Å². The van der Waals surface area contributed by atoms with Crippen LogP contribution < -0.4 is 4.90 Å². The van der Waals surface area contributed by atoms with Crippen LogP contribution in [-0.4, -0.2) is 15.6 Å². The lowest BCUT2D eigenvalue weighted by molar-refractivity contribution is 0.0935. The summed E-state index contributed by atoms with van der Waals surface area (Å²) in [5.74, 6) is -0.237. The van der Waals surface area contributed by atoms with Gasteiger partial charge >= 0.3 is 0 Å². The lowest BCUT2D eigenvalue weighted by Crippen LogP contribution is -2.29. The molecule has 1 amide bonds. The largest absolute Gasteiger partial charge is 0.369 e. The van der Waals surface area contributed by atoms with Crippen LogP contribution in [0.3, 0.4) is 0 Å². The SMILES string of the molecule is Cc1ccc2c(c1)c1cc(C)ccc1n2-c1cccc2c1C(=O)N(c1c(-c3ccccc3)cc(-c3ccccc3)cc1-c1ccccc1)C2O. The van der Waals surface area contributed by atoms with E-state index in [1.807, 2.05) is 72.8 Å². The number of nitrogens with zero attached hydrogens (tertiary/aromatic N) is 2.